The van der Waals surface area contributed by atoms with E-state index in [1.807, 2.05) is 0 Å². The molecule has 2 rings (SSSR count). The number of rotatable bonds is 3. The van der Waals surface area contributed by atoms with Crippen molar-refractivity contribution in [2.75, 3.05) is 5.73 Å². The number of carbonyl (C=O) groups excluding carboxylic acids is 1. The first-order valence-corrected chi connectivity index (χ1v) is 5.83. The SMILES string of the molecule is Cc1nc(Cl)nc(Oc2ccc(C(N)=O)c(F)c2)c1N. The van der Waals surface area contributed by atoms with Crippen LogP contribution < -0.4 is 16.2 Å². The van der Waals surface area contributed by atoms with Gasteiger partial charge in [-0.05, 0) is 30.7 Å². The predicted octanol–water partition coefficient (Wildman–Crippen LogP) is 2.05. The molecule has 0 fully saturated rings. The molecule has 0 bridgehead atoms. The highest BCUT2D eigenvalue weighted by Crippen LogP contribution is 2.29. The normalized spacial score (nSPS) is 10.3. The number of halogens is 2. The van der Waals surface area contributed by atoms with Gasteiger partial charge in [0.25, 0.3) is 5.91 Å². The number of ether oxygens (including phenoxy) is 1. The minimum absolute atomic E-state index is 0.00808. The Balaban J connectivity index is 2.36. The molecule has 0 radical (unpaired) electrons. The van der Waals surface area contributed by atoms with Gasteiger partial charge in [-0.2, -0.15) is 4.98 Å². The van der Waals surface area contributed by atoms with Crippen molar-refractivity contribution in [1.29, 1.82) is 0 Å². The van der Waals surface area contributed by atoms with Gasteiger partial charge in [0.15, 0.2) is 0 Å². The van der Waals surface area contributed by atoms with Crippen molar-refractivity contribution in [1.82, 2.24) is 9.97 Å². The average Bonchev–Trinajstić information content (AvgIpc) is 2.35. The zero-order valence-corrected chi connectivity index (χ0v) is 11.1. The van der Waals surface area contributed by atoms with E-state index in [9.17, 15) is 9.18 Å². The molecule has 0 aliphatic carbocycles. The highest BCUT2D eigenvalue weighted by molar-refractivity contribution is 6.28. The molecule has 1 amide bonds. The predicted molar refractivity (Wildman–Crippen MR) is 71.2 cm³/mol. The van der Waals surface area contributed by atoms with Crippen LogP contribution in [-0.4, -0.2) is 15.9 Å². The summed E-state index contributed by atoms with van der Waals surface area (Å²) >= 11 is 5.69. The maximum absolute atomic E-state index is 13.6. The molecule has 0 unspecified atom stereocenters. The molecule has 0 saturated heterocycles. The Bertz CT molecular complexity index is 693. The number of hydrogen-bond acceptors (Lipinski definition) is 5. The number of anilines is 1. The van der Waals surface area contributed by atoms with Gasteiger partial charge in [-0.25, -0.2) is 9.37 Å². The number of nitrogens with zero attached hydrogens (tertiary/aromatic N) is 2. The van der Waals surface area contributed by atoms with Gasteiger partial charge < -0.3 is 16.2 Å². The number of aryl methyl sites for hydroxylation is 1. The first kappa shape index (κ1) is 14.0. The number of carbonyl (C=O) groups is 1. The fourth-order valence-electron chi connectivity index (χ4n) is 1.47. The van der Waals surface area contributed by atoms with Crippen LogP contribution in [0.2, 0.25) is 5.28 Å². The minimum atomic E-state index is -0.866. The van der Waals surface area contributed by atoms with Gasteiger partial charge in [-0.15, -0.1) is 0 Å². The Morgan fingerprint density at radius 2 is 2.10 bits per heavy atom. The van der Waals surface area contributed by atoms with Crippen LogP contribution in [0.1, 0.15) is 16.1 Å². The second-order valence-corrected chi connectivity index (χ2v) is 4.24. The van der Waals surface area contributed by atoms with Crippen LogP contribution in [0, 0.1) is 12.7 Å². The molecule has 8 heteroatoms. The lowest BCUT2D eigenvalue weighted by Crippen LogP contribution is -2.13. The number of hydrogen-bond donors (Lipinski definition) is 2. The highest BCUT2D eigenvalue weighted by Gasteiger charge is 2.13. The monoisotopic (exact) mass is 296 g/mol. The standard InChI is InChI=1S/C12H10ClFN4O2/c1-5-9(15)11(18-12(13)17-5)20-6-2-3-7(10(16)19)8(14)4-6/h2-4H,15H2,1H3,(H2,16,19). The van der Waals surface area contributed by atoms with Gasteiger partial charge >= 0.3 is 0 Å². The molecule has 6 nitrogen and oxygen atoms in total. The second-order valence-electron chi connectivity index (χ2n) is 3.90. The van der Waals surface area contributed by atoms with E-state index >= 15 is 0 Å². The number of nitrogens with two attached hydrogens (primary N) is 2. The van der Waals surface area contributed by atoms with E-state index in [2.05, 4.69) is 9.97 Å². The first-order chi connectivity index (χ1) is 9.38. The molecule has 104 valence electrons. The van der Waals surface area contributed by atoms with E-state index in [0.717, 1.165) is 6.07 Å². The van der Waals surface area contributed by atoms with Crippen molar-refractivity contribution in [3.8, 4) is 11.6 Å². The van der Waals surface area contributed by atoms with Crippen molar-refractivity contribution >= 4 is 23.2 Å². The van der Waals surface area contributed by atoms with Crippen LogP contribution in [0.15, 0.2) is 18.2 Å². The van der Waals surface area contributed by atoms with E-state index in [-0.39, 0.29) is 28.2 Å². The number of benzene rings is 1. The molecule has 4 N–H and O–H groups in total. The zero-order chi connectivity index (χ0) is 14.9. The van der Waals surface area contributed by atoms with Gasteiger partial charge in [0, 0.05) is 6.07 Å². The highest BCUT2D eigenvalue weighted by atomic mass is 35.5. The summed E-state index contributed by atoms with van der Waals surface area (Å²) in [4.78, 5) is 18.6. The molecule has 0 aliphatic rings. The van der Waals surface area contributed by atoms with Gasteiger partial charge in [0.2, 0.25) is 11.2 Å². The molecular formula is C12H10ClFN4O2. The molecule has 20 heavy (non-hydrogen) atoms. The summed E-state index contributed by atoms with van der Waals surface area (Å²) < 4.78 is 18.9. The van der Waals surface area contributed by atoms with E-state index in [0.29, 0.717) is 5.69 Å². The molecule has 1 aromatic heterocycles. The van der Waals surface area contributed by atoms with Crippen LogP contribution in [0.5, 0.6) is 11.6 Å². The summed E-state index contributed by atoms with van der Waals surface area (Å²) in [6, 6.07) is 3.58. The van der Waals surface area contributed by atoms with Crippen molar-refractivity contribution in [2.24, 2.45) is 5.73 Å². The second kappa shape index (κ2) is 5.30. The number of primary amides is 1. The lowest BCUT2D eigenvalue weighted by Gasteiger charge is -2.09. The molecule has 0 atom stereocenters. The quantitative estimate of drug-likeness (QED) is 0.844. The summed E-state index contributed by atoms with van der Waals surface area (Å²) in [5.41, 5.74) is 11.1. The van der Waals surface area contributed by atoms with E-state index in [1.54, 1.807) is 6.92 Å². The third kappa shape index (κ3) is 2.77. The fourth-order valence-corrected chi connectivity index (χ4v) is 1.67. The fraction of sp³-hybridized carbons (Fsp3) is 0.0833. The molecule has 2 aromatic rings. The largest absolute Gasteiger partial charge is 0.437 e. The van der Waals surface area contributed by atoms with E-state index in [4.69, 9.17) is 27.8 Å². The van der Waals surface area contributed by atoms with Crippen molar-refractivity contribution in [2.45, 2.75) is 6.92 Å². The van der Waals surface area contributed by atoms with Gasteiger partial charge in [-0.1, -0.05) is 0 Å². The van der Waals surface area contributed by atoms with Crippen LogP contribution in [-0.2, 0) is 0 Å². The van der Waals surface area contributed by atoms with Gasteiger partial charge in [0.1, 0.15) is 17.3 Å². The molecular weight excluding hydrogens is 287 g/mol. The van der Waals surface area contributed by atoms with Gasteiger partial charge in [-0.3, -0.25) is 4.79 Å². The first-order valence-electron chi connectivity index (χ1n) is 5.45. The summed E-state index contributed by atoms with van der Waals surface area (Å²) in [6.07, 6.45) is 0. The van der Waals surface area contributed by atoms with E-state index < -0.39 is 11.7 Å². The average molecular weight is 297 g/mol. The third-order valence-electron chi connectivity index (χ3n) is 2.49. The molecule has 1 heterocycles. The Labute approximate surface area is 118 Å². The van der Waals surface area contributed by atoms with Crippen LogP contribution in [0.4, 0.5) is 10.1 Å². The van der Waals surface area contributed by atoms with Crippen LogP contribution >= 0.6 is 11.6 Å². The lowest BCUT2D eigenvalue weighted by atomic mass is 10.2. The summed E-state index contributed by atoms with van der Waals surface area (Å²) in [6.45, 7) is 1.63. The van der Waals surface area contributed by atoms with Crippen molar-refractivity contribution in [3.63, 3.8) is 0 Å². The third-order valence-corrected chi connectivity index (χ3v) is 2.66. The maximum Gasteiger partial charge on any atom is 0.251 e. The lowest BCUT2D eigenvalue weighted by molar-refractivity contribution is 0.0996. The summed E-state index contributed by atoms with van der Waals surface area (Å²) in [5, 5.41) is -0.0408. The number of nitrogen functional groups attached to an aromatic ring is 1. The smallest absolute Gasteiger partial charge is 0.251 e. The van der Waals surface area contributed by atoms with Crippen molar-refractivity contribution in [3.05, 3.63) is 40.6 Å². The van der Waals surface area contributed by atoms with Crippen molar-refractivity contribution < 1.29 is 13.9 Å². The molecule has 0 aliphatic heterocycles. The van der Waals surface area contributed by atoms with E-state index in [1.165, 1.54) is 12.1 Å². The molecule has 0 saturated carbocycles. The van der Waals surface area contributed by atoms with Crippen LogP contribution in [0.25, 0.3) is 0 Å². The molecule has 1 aromatic carbocycles. The topological polar surface area (TPSA) is 104 Å². The molecule has 0 spiro atoms. The Hall–Kier alpha value is -2.41. The summed E-state index contributed by atoms with van der Waals surface area (Å²) in [7, 11) is 0. The Morgan fingerprint density at radius 3 is 2.70 bits per heavy atom. The zero-order valence-electron chi connectivity index (χ0n) is 10.4. The Morgan fingerprint density at radius 1 is 1.40 bits per heavy atom. The number of aromatic nitrogens is 2. The summed E-state index contributed by atoms with van der Waals surface area (Å²) in [5.74, 6) is -1.55. The van der Waals surface area contributed by atoms with Gasteiger partial charge in [0.05, 0.1) is 11.3 Å². The number of amides is 1. The minimum Gasteiger partial charge on any atom is -0.437 e. The Kier molecular flexibility index (Phi) is 3.71. The van der Waals surface area contributed by atoms with Crippen LogP contribution in [0.3, 0.4) is 0 Å². The maximum atomic E-state index is 13.6.